The van der Waals surface area contributed by atoms with Crippen LogP contribution in [0.1, 0.15) is 17.5 Å². The molecule has 0 spiro atoms. The Bertz CT molecular complexity index is 431. The van der Waals surface area contributed by atoms with Crippen molar-refractivity contribution in [1.82, 2.24) is 4.98 Å². The summed E-state index contributed by atoms with van der Waals surface area (Å²) in [6.45, 7) is 1.87. The molecule has 0 fully saturated rings. The number of nitrogens with one attached hydrogen (secondary N) is 1. The minimum Gasteiger partial charge on any atom is -0.363 e. The van der Waals surface area contributed by atoms with Gasteiger partial charge in [0, 0.05) is 10.9 Å². The molecule has 0 unspecified atom stereocenters. The Morgan fingerprint density at radius 1 is 1.23 bits per heavy atom. The highest BCUT2D eigenvalue weighted by molar-refractivity contribution is 5.84. The summed E-state index contributed by atoms with van der Waals surface area (Å²) in [5.41, 5.74) is 2.30. The topological polar surface area (TPSA) is 56.2 Å². The predicted octanol–water partition coefficient (Wildman–Crippen LogP) is 1.46. The lowest BCUT2D eigenvalue weighted by molar-refractivity contribution is -0.0457. The van der Waals surface area contributed by atoms with E-state index < -0.39 is 6.29 Å². The highest BCUT2D eigenvalue weighted by Crippen LogP contribution is 2.24. The van der Waals surface area contributed by atoms with Gasteiger partial charge in [-0.3, -0.25) is 0 Å². The molecule has 0 aliphatic rings. The van der Waals surface area contributed by atoms with E-state index in [1.165, 1.54) is 0 Å². The first-order valence-electron chi connectivity index (χ1n) is 4.13. The first kappa shape index (κ1) is 8.29. The van der Waals surface area contributed by atoms with Gasteiger partial charge in [-0.1, -0.05) is 18.2 Å². The number of aliphatic hydroxyl groups is 2. The lowest BCUT2D eigenvalue weighted by Crippen LogP contribution is -1.96. The van der Waals surface area contributed by atoms with E-state index in [2.05, 4.69) is 4.98 Å². The molecule has 0 aliphatic heterocycles. The van der Waals surface area contributed by atoms with Crippen LogP contribution >= 0.6 is 0 Å². The van der Waals surface area contributed by atoms with Crippen molar-refractivity contribution in [2.45, 2.75) is 13.2 Å². The van der Waals surface area contributed by atoms with E-state index in [0.29, 0.717) is 5.69 Å². The molecule has 1 heterocycles. The van der Waals surface area contributed by atoms with Crippen molar-refractivity contribution >= 4 is 10.9 Å². The van der Waals surface area contributed by atoms with Crippen molar-refractivity contribution in [3.05, 3.63) is 35.5 Å². The minimum absolute atomic E-state index is 0.473. The molecule has 3 N–H and O–H groups in total. The fourth-order valence-electron chi connectivity index (χ4n) is 1.56. The number of para-hydroxylation sites is 1. The molecule has 0 aliphatic carbocycles. The largest absolute Gasteiger partial charge is 0.363 e. The third-order valence-electron chi connectivity index (χ3n) is 2.26. The Kier molecular flexibility index (Phi) is 1.83. The van der Waals surface area contributed by atoms with Gasteiger partial charge in [-0.05, 0) is 18.6 Å². The maximum absolute atomic E-state index is 9.03. The van der Waals surface area contributed by atoms with Crippen LogP contribution < -0.4 is 0 Å². The number of hydrogen-bond donors (Lipinski definition) is 3. The lowest BCUT2D eigenvalue weighted by atomic mass is 10.1. The summed E-state index contributed by atoms with van der Waals surface area (Å²) in [4.78, 5) is 2.96. The Morgan fingerprint density at radius 2 is 1.92 bits per heavy atom. The number of benzene rings is 1. The minimum atomic E-state index is -1.42. The summed E-state index contributed by atoms with van der Waals surface area (Å²) < 4.78 is 0. The van der Waals surface area contributed by atoms with Crippen LogP contribution in [-0.4, -0.2) is 15.2 Å². The lowest BCUT2D eigenvalue weighted by Gasteiger charge is -2.00. The molecule has 0 atom stereocenters. The average Bonchev–Trinajstić information content (AvgIpc) is 2.45. The van der Waals surface area contributed by atoms with Crippen molar-refractivity contribution in [2.75, 3.05) is 0 Å². The second kappa shape index (κ2) is 2.87. The summed E-state index contributed by atoms with van der Waals surface area (Å²) in [5, 5.41) is 19.1. The van der Waals surface area contributed by atoms with E-state index in [9.17, 15) is 0 Å². The Labute approximate surface area is 75.6 Å². The molecule has 13 heavy (non-hydrogen) atoms. The predicted molar refractivity (Wildman–Crippen MR) is 50.2 cm³/mol. The van der Waals surface area contributed by atoms with E-state index in [1.807, 2.05) is 31.2 Å². The van der Waals surface area contributed by atoms with E-state index in [-0.39, 0.29) is 0 Å². The van der Waals surface area contributed by atoms with Gasteiger partial charge < -0.3 is 15.2 Å². The fourth-order valence-corrected chi connectivity index (χ4v) is 1.56. The number of H-pyrrole nitrogens is 1. The van der Waals surface area contributed by atoms with Gasteiger partial charge in [-0.25, -0.2) is 0 Å². The van der Waals surface area contributed by atoms with Gasteiger partial charge >= 0.3 is 0 Å². The van der Waals surface area contributed by atoms with Crippen LogP contribution in [0.25, 0.3) is 10.9 Å². The normalized spacial score (nSPS) is 11.4. The molecule has 0 saturated heterocycles. The van der Waals surface area contributed by atoms with Crippen molar-refractivity contribution in [2.24, 2.45) is 0 Å². The third kappa shape index (κ3) is 1.22. The summed E-state index contributed by atoms with van der Waals surface area (Å²) in [5.74, 6) is 0. The highest BCUT2D eigenvalue weighted by Gasteiger charge is 2.11. The van der Waals surface area contributed by atoms with Crippen LogP contribution in [0.5, 0.6) is 0 Å². The number of hydrogen-bond acceptors (Lipinski definition) is 2. The van der Waals surface area contributed by atoms with Crippen molar-refractivity contribution in [3.63, 3.8) is 0 Å². The molecule has 3 heteroatoms. The van der Waals surface area contributed by atoms with E-state index in [4.69, 9.17) is 10.2 Å². The smallest absolute Gasteiger partial charge is 0.194 e. The molecule has 0 radical (unpaired) electrons. The first-order chi connectivity index (χ1) is 6.20. The van der Waals surface area contributed by atoms with E-state index in [1.54, 1.807) is 0 Å². The van der Waals surface area contributed by atoms with Crippen LogP contribution in [0.15, 0.2) is 24.3 Å². The zero-order valence-corrected chi connectivity index (χ0v) is 7.28. The molecule has 1 aromatic carbocycles. The van der Waals surface area contributed by atoms with Crippen molar-refractivity contribution < 1.29 is 10.2 Å². The second-order valence-corrected chi connectivity index (χ2v) is 3.08. The zero-order chi connectivity index (χ0) is 9.42. The number of fused-ring (bicyclic) bond motifs is 1. The number of aliphatic hydroxyl groups excluding tert-OH is 1. The molecule has 1 aromatic heterocycles. The van der Waals surface area contributed by atoms with Gasteiger partial charge in [-0.15, -0.1) is 0 Å². The Hall–Kier alpha value is -1.32. The number of rotatable bonds is 1. The van der Waals surface area contributed by atoms with E-state index in [0.717, 1.165) is 16.5 Å². The molecule has 0 bridgehead atoms. The number of aromatic nitrogens is 1. The van der Waals surface area contributed by atoms with E-state index >= 15 is 0 Å². The number of aromatic amines is 1. The highest BCUT2D eigenvalue weighted by atomic mass is 16.5. The summed E-state index contributed by atoms with van der Waals surface area (Å²) in [7, 11) is 0. The Morgan fingerprint density at radius 3 is 2.54 bits per heavy atom. The fraction of sp³-hybridized carbons (Fsp3) is 0.200. The molecule has 2 rings (SSSR count). The molecule has 3 nitrogen and oxygen atoms in total. The van der Waals surface area contributed by atoms with Gasteiger partial charge in [0.1, 0.15) is 0 Å². The first-order valence-corrected chi connectivity index (χ1v) is 4.13. The molecule has 68 valence electrons. The van der Waals surface area contributed by atoms with Crippen LogP contribution in [-0.2, 0) is 0 Å². The van der Waals surface area contributed by atoms with Gasteiger partial charge in [-0.2, -0.15) is 0 Å². The average molecular weight is 177 g/mol. The molecular formula is C10H11NO2. The summed E-state index contributed by atoms with van der Waals surface area (Å²) in [6, 6.07) is 7.70. The molecule has 0 saturated carbocycles. The van der Waals surface area contributed by atoms with Gasteiger partial charge in [0.2, 0.25) is 0 Å². The number of aryl methyl sites for hydroxylation is 1. The monoisotopic (exact) mass is 177 g/mol. The molecular weight excluding hydrogens is 166 g/mol. The molecule has 2 aromatic rings. The van der Waals surface area contributed by atoms with Gasteiger partial charge in [0.05, 0.1) is 5.69 Å². The van der Waals surface area contributed by atoms with Gasteiger partial charge in [0.15, 0.2) is 6.29 Å². The Balaban J connectivity index is 2.74. The third-order valence-corrected chi connectivity index (χ3v) is 2.26. The van der Waals surface area contributed by atoms with Crippen LogP contribution in [0.2, 0.25) is 0 Å². The SMILES string of the molecule is Cc1c(C(O)O)[nH]c2ccccc12. The zero-order valence-electron chi connectivity index (χ0n) is 7.28. The summed E-state index contributed by atoms with van der Waals surface area (Å²) in [6.07, 6.45) is -1.42. The van der Waals surface area contributed by atoms with Gasteiger partial charge in [0.25, 0.3) is 0 Å². The molecule has 0 amide bonds. The van der Waals surface area contributed by atoms with Crippen molar-refractivity contribution in [1.29, 1.82) is 0 Å². The van der Waals surface area contributed by atoms with Crippen LogP contribution in [0.4, 0.5) is 0 Å². The maximum Gasteiger partial charge on any atom is 0.194 e. The van der Waals surface area contributed by atoms with Crippen molar-refractivity contribution in [3.8, 4) is 0 Å². The quantitative estimate of drug-likeness (QED) is 0.577. The standard InChI is InChI=1S/C10H11NO2/c1-6-7-4-2-3-5-8(7)11-9(6)10(12)13/h2-5,10-13H,1H3. The second-order valence-electron chi connectivity index (χ2n) is 3.08. The van der Waals surface area contributed by atoms with Crippen LogP contribution in [0.3, 0.4) is 0 Å². The van der Waals surface area contributed by atoms with Crippen LogP contribution in [0, 0.1) is 6.92 Å². The maximum atomic E-state index is 9.03. The summed E-state index contributed by atoms with van der Waals surface area (Å²) >= 11 is 0.